The number of benzene rings is 1. The van der Waals surface area contributed by atoms with Crippen LogP contribution in [0.2, 0.25) is 5.02 Å². The van der Waals surface area contributed by atoms with Gasteiger partial charge in [0, 0.05) is 22.0 Å². The van der Waals surface area contributed by atoms with Crippen molar-refractivity contribution in [3.63, 3.8) is 0 Å². The van der Waals surface area contributed by atoms with Crippen molar-refractivity contribution in [3.8, 4) is 0 Å². The fourth-order valence-electron chi connectivity index (χ4n) is 6.62. The van der Waals surface area contributed by atoms with Crippen LogP contribution in [0.25, 0.3) is 0 Å². The lowest BCUT2D eigenvalue weighted by atomic mass is 9.66. The molecule has 3 heterocycles. The third kappa shape index (κ3) is 4.48. The molecule has 0 saturated carbocycles. The van der Waals surface area contributed by atoms with E-state index >= 15 is 0 Å². The Bertz CT molecular complexity index is 1110. The van der Waals surface area contributed by atoms with Crippen LogP contribution in [-0.2, 0) is 19.1 Å². The van der Waals surface area contributed by atoms with Crippen molar-refractivity contribution in [2.24, 2.45) is 17.8 Å². The highest BCUT2D eigenvalue weighted by molar-refractivity contribution is 8.02. The number of amides is 2. The number of aliphatic hydroxyl groups is 1. The van der Waals surface area contributed by atoms with Gasteiger partial charge in [-0.25, -0.2) is 0 Å². The van der Waals surface area contributed by atoms with Gasteiger partial charge in [-0.3, -0.25) is 14.4 Å². The molecule has 4 rings (SSSR count). The number of hydrogen-bond donors (Lipinski definition) is 1. The third-order valence-corrected chi connectivity index (χ3v) is 10.8. The summed E-state index contributed by atoms with van der Waals surface area (Å²) in [4.78, 5) is 45.6. The molecule has 38 heavy (non-hydrogen) atoms. The summed E-state index contributed by atoms with van der Waals surface area (Å²) in [5.74, 6) is -2.39. The Morgan fingerprint density at radius 3 is 2.55 bits per heavy atom. The summed E-state index contributed by atoms with van der Waals surface area (Å²) in [5.41, 5.74) is 0.640. The van der Waals surface area contributed by atoms with Crippen molar-refractivity contribution < 1.29 is 24.2 Å². The van der Waals surface area contributed by atoms with Crippen LogP contribution in [0.4, 0.5) is 5.69 Å². The Kier molecular flexibility index (Phi) is 8.36. The van der Waals surface area contributed by atoms with Crippen LogP contribution in [0.15, 0.2) is 49.6 Å². The number of thioether (sulfide) groups is 1. The quantitative estimate of drug-likeness (QED) is 0.317. The standard InChI is InChI=1S/C29H37ClN2O5S/c1-6-15-31(20-11-9-19(30)10-12-20)26(35)24-29-14-13-28(5,38-29)23(27(36)37-16-7-2)22(29)25(34)32(24)21(17-33)18(4)8-3/h6-7,9-12,18,21-24,33H,1-2,8,13-17H2,3-5H3/t18-,21-,22-,23-,24?,28+,29?/m0/s1. The Balaban J connectivity index is 1.85. The summed E-state index contributed by atoms with van der Waals surface area (Å²) < 4.78 is 4.15. The minimum atomic E-state index is -0.856. The number of fused-ring (bicyclic) bond motifs is 1. The van der Waals surface area contributed by atoms with E-state index in [9.17, 15) is 19.5 Å². The lowest BCUT2D eigenvalue weighted by Crippen LogP contribution is -2.58. The second kappa shape index (κ2) is 11.1. The van der Waals surface area contributed by atoms with Gasteiger partial charge in [0.2, 0.25) is 5.91 Å². The van der Waals surface area contributed by atoms with Gasteiger partial charge < -0.3 is 19.6 Å². The number of hydrogen-bond acceptors (Lipinski definition) is 6. The molecule has 7 atom stereocenters. The normalized spacial score (nSPS) is 31.0. The third-order valence-electron chi connectivity index (χ3n) is 8.61. The van der Waals surface area contributed by atoms with E-state index < -0.39 is 39.4 Å². The predicted octanol–water partition coefficient (Wildman–Crippen LogP) is 4.48. The van der Waals surface area contributed by atoms with Gasteiger partial charge in [-0.1, -0.05) is 50.6 Å². The molecule has 1 spiro atoms. The first kappa shape index (κ1) is 28.7. The number of anilines is 1. The average Bonchev–Trinajstić information content (AvgIpc) is 3.47. The Morgan fingerprint density at radius 2 is 1.97 bits per heavy atom. The van der Waals surface area contributed by atoms with Crippen LogP contribution in [0, 0.1) is 17.8 Å². The molecule has 3 aliphatic heterocycles. The van der Waals surface area contributed by atoms with Crippen molar-refractivity contribution in [1.82, 2.24) is 4.90 Å². The van der Waals surface area contributed by atoms with Gasteiger partial charge in [0.15, 0.2) is 0 Å². The number of likely N-dealkylation sites (tertiary alicyclic amines) is 1. The molecular weight excluding hydrogens is 524 g/mol. The molecule has 1 aromatic rings. The lowest BCUT2D eigenvalue weighted by Gasteiger charge is -2.41. The van der Waals surface area contributed by atoms with Crippen molar-refractivity contribution in [2.75, 3.05) is 24.7 Å². The minimum Gasteiger partial charge on any atom is -0.461 e. The first-order valence-electron chi connectivity index (χ1n) is 13.2. The summed E-state index contributed by atoms with van der Waals surface area (Å²) in [6.45, 7) is 13.5. The summed E-state index contributed by atoms with van der Waals surface area (Å²) in [6, 6.07) is 5.57. The van der Waals surface area contributed by atoms with Crippen LogP contribution in [0.1, 0.15) is 40.0 Å². The molecule has 1 N–H and O–H groups in total. The van der Waals surface area contributed by atoms with E-state index in [0.29, 0.717) is 23.6 Å². The average molecular weight is 561 g/mol. The van der Waals surface area contributed by atoms with Crippen LogP contribution in [-0.4, -0.2) is 69.1 Å². The number of esters is 1. The number of ether oxygens (including phenoxy) is 1. The number of carbonyl (C=O) groups excluding carboxylic acids is 3. The highest BCUT2D eigenvalue weighted by atomic mass is 35.5. The van der Waals surface area contributed by atoms with Crippen molar-refractivity contribution >= 4 is 46.8 Å². The van der Waals surface area contributed by atoms with Crippen LogP contribution in [0.5, 0.6) is 0 Å². The van der Waals surface area contributed by atoms with E-state index in [1.807, 2.05) is 20.8 Å². The molecule has 3 aliphatic rings. The maximum Gasteiger partial charge on any atom is 0.311 e. The summed E-state index contributed by atoms with van der Waals surface area (Å²) in [5, 5.41) is 11.1. The Labute approximate surface area is 234 Å². The fraction of sp³-hybridized carbons (Fsp3) is 0.552. The maximum atomic E-state index is 14.6. The summed E-state index contributed by atoms with van der Waals surface area (Å²) in [7, 11) is 0. The van der Waals surface area contributed by atoms with E-state index in [2.05, 4.69) is 13.2 Å². The number of carbonyl (C=O) groups is 3. The van der Waals surface area contributed by atoms with Gasteiger partial charge in [-0.05, 0) is 49.9 Å². The first-order chi connectivity index (χ1) is 18.1. The topological polar surface area (TPSA) is 87.1 Å². The Morgan fingerprint density at radius 1 is 1.29 bits per heavy atom. The van der Waals surface area contributed by atoms with Gasteiger partial charge in [0.1, 0.15) is 12.6 Å². The molecule has 2 amide bonds. The van der Waals surface area contributed by atoms with E-state index in [1.54, 1.807) is 51.9 Å². The SMILES string of the molecule is C=CCOC(=O)[C@@H]1[C@H]2C(=O)N([C@@H](CO)[C@@H](C)CC)C(C(=O)N(CC=C)c3ccc(Cl)cc3)C23CC[C@@]1(C)S3. The number of aliphatic hydroxyl groups excluding tert-OH is 1. The second-order valence-electron chi connectivity index (χ2n) is 10.7. The van der Waals surface area contributed by atoms with E-state index in [4.69, 9.17) is 16.3 Å². The van der Waals surface area contributed by atoms with Crippen molar-refractivity contribution in [3.05, 3.63) is 54.6 Å². The minimum absolute atomic E-state index is 0.0539. The molecule has 3 fully saturated rings. The largest absolute Gasteiger partial charge is 0.461 e. The van der Waals surface area contributed by atoms with Gasteiger partial charge >= 0.3 is 5.97 Å². The summed E-state index contributed by atoms with van der Waals surface area (Å²) in [6.07, 6.45) is 5.18. The molecule has 0 radical (unpaired) electrons. The molecular formula is C29H37ClN2O5S. The first-order valence-corrected chi connectivity index (χ1v) is 14.4. The monoisotopic (exact) mass is 560 g/mol. The van der Waals surface area contributed by atoms with Gasteiger partial charge in [0.25, 0.3) is 5.91 Å². The highest BCUT2D eigenvalue weighted by Crippen LogP contribution is 2.72. The lowest BCUT2D eigenvalue weighted by molar-refractivity contribution is -0.155. The van der Waals surface area contributed by atoms with E-state index in [-0.39, 0.29) is 37.5 Å². The smallest absolute Gasteiger partial charge is 0.311 e. The van der Waals surface area contributed by atoms with Crippen LogP contribution in [0.3, 0.4) is 0 Å². The molecule has 0 aliphatic carbocycles. The number of halogens is 1. The van der Waals surface area contributed by atoms with Gasteiger partial charge in [0.05, 0.1) is 29.2 Å². The zero-order valence-electron chi connectivity index (χ0n) is 22.3. The van der Waals surface area contributed by atoms with E-state index in [1.165, 1.54) is 6.08 Å². The van der Waals surface area contributed by atoms with Crippen LogP contribution < -0.4 is 4.90 Å². The number of rotatable bonds is 11. The molecule has 0 aromatic heterocycles. The van der Waals surface area contributed by atoms with Crippen molar-refractivity contribution in [1.29, 1.82) is 0 Å². The summed E-state index contributed by atoms with van der Waals surface area (Å²) >= 11 is 7.70. The van der Waals surface area contributed by atoms with Crippen LogP contribution >= 0.6 is 23.4 Å². The molecule has 2 unspecified atom stereocenters. The van der Waals surface area contributed by atoms with E-state index in [0.717, 1.165) is 6.42 Å². The van der Waals surface area contributed by atoms with Crippen molar-refractivity contribution in [2.45, 2.75) is 61.6 Å². The molecule has 2 bridgehead atoms. The Hall–Kier alpha value is -2.29. The van der Waals surface area contributed by atoms with Gasteiger partial charge in [-0.2, -0.15) is 0 Å². The molecule has 206 valence electrons. The zero-order valence-corrected chi connectivity index (χ0v) is 23.8. The fourth-order valence-corrected chi connectivity index (χ4v) is 9.08. The highest BCUT2D eigenvalue weighted by Gasteiger charge is 2.78. The molecule has 3 saturated heterocycles. The predicted molar refractivity (Wildman–Crippen MR) is 151 cm³/mol. The second-order valence-corrected chi connectivity index (χ2v) is 13.1. The van der Waals surface area contributed by atoms with Gasteiger partial charge in [-0.15, -0.1) is 18.3 Å². The molecule has 7 nitrogen and oxygen atoms in total. The molecule has 1 aromatic carbocycles. The zero-order chi connectivity index (χ0) is 27.8. The maximum absolute atomic E-state index is 14.6. The molecule has 9 heteroatoms. The number of nitrogens with zero attached hydrogens (tertiary/aromatic N) is 2.